The lowest BCUT2D eigenvalue weighted by Gasteiger charge is -2.06. The van der Waals surface area contributed by atoms with Gasteiger partial charge in [-0.1, -0.05) is 78.9 Å². The van der Waals surface area contributed by atoms with Crippen LogP contribution in [0.3, 0.4) is 0 Å². The molecular formula is C21H40O. The molecule has 22 heavy (non-hydrogen) atoms. The van der Waals surface area contributed by atoms with Crippen LogP contribution < -0.4 is 4.74 Å². The van der Waals surface area contributed by atoms with Crippen LogP contribution in [0.4, 0.5) is 0 Å². The highest BCUT2D eigenvalue weighted by Crippen LogP contribution is 2.18. The molecule has 0 amide bonds. The fourth-order valence-corrected chi connectivity index (χ4v) is 2.15. The molecule has 0 bridgehead atoms. The molecule has 0 aliphatic rings. The maximum Gasteiger partial charge on any atom is 0.122 e. The zero-order valence-electron chi connectivity index (χ0n) is 16.5. The van der Waals surface area contributed by atoms with Gasteiger partial charge in [-0.15, -0.1) is 0 Å². The van der Waals surface area contributed by atoms with E-state index >= 15 is 0 Å². The second kappa shape index (κ2) is 16.4. The van der Waals surface area contributed by atoms with Crippen molar-refractivity contribution in [2.45, 2.75) is 87.5 Å². The lowest BCUT2D eigenvalue weighted by molar-refractivity contribution is 0.337. The number of hydrogen-bond donors (Lipinski definition) is 0. The van der Waals surface area contributed by atoms with E-state index in [4.69, 9.17) is 4.74 Å². The zero-order chi connectivity index (χ0) is 17.4. The maximum absolute atomic E-state index is 5.42. The van der Waals surface area contributed by atoms with Crippen molar-refractivity contribution in [2.75, 3.05) is 6.61 Å². The summed E-state index contributed by atoms with van der Waals surface area (Å²) in [7, 11) is 0. The van der Waals surface area contributed by atoms with Gasteiger partial charge in [-0.3, -0.25) is 0 Å². The number of hydrogen-bond acceptors (Lipinski definition) is 1. The summed E-state index contributed by atoms with van der Waals surface area (Å²) < 4.78 is 5.42. The Morgan fingerprint density at radius 1 is 0.909 bits per heavy atom. The molecule has 0 fully saturated rings. The first-order valence-corrected chi connectivity index (χ1v) is 9.16. The molecule has 130 valence electrons. The minimum Gasteiger partial charge on any atom is -0.494 e. The summed E-state index contributed by atoms with van der Waals surface area (Å²) in [6.45, 7) is 18.0. The SMILES string of the molecule is CCC.CCCC(C)CCC.CCOc1cc(C)ccc1C. The number of ether oxygens (including phenoxy) is 1. The molecule has 0 aliphatic carbocycles. The second-order valence-corrected chi connectivity index (χ2v) is 6.09. The molecule has 0 saturated carbocycles. The third kappa shape index (κ3) is 14.0. The van der Waals surface area contributed by atoms with Gasteiger partial charge < -0.3 is 4.74 Å². The van der Waals surface area contributed by atoms with Crippen molar-refractivity contribution < 1.29 is 4.74 Å². The summed E-state index contributed by atoms with van der Waals surface area (Å²) in [6, 6.07) is 6.25. The number of rotatable bonds is 6. The van der Waals surface area contributed by atoms with E-state index in [2.05, 4.69) is 66.7 Å². The van der Waals surface area contributed by atoms with E-state index in [0.717, 1.165) is 18.3 Å². The van der Waals surface area contributed by atoms with Gasteiger partial charge in [-0.2, -0.15) is 0 Å². The van der Waals surface area contributed by atoms with E-state index in [0.29, 0.717) is 0 Å². The van der Waals surface area contributed by atoms with Gasteiger partial charge in [0.2, 0.25) is 0 Å². The summed E-state index contributed by atoms with van der Waals surface area (Å²) in [6.07, 6.45) is 6.77. The fraction of sp³-hybridized carbons (Fsp3) is 0.714. The van der Waals surface area contributed by atoms with Crippen molar-refractivity contribution in [3.05, 3.63) is 29.3 Å². The molecule has 1 heteroatoms. The lowest BCUT2D eigenvalue weighted by Crippen LogP contribution is -1.93. The van der Waals surface area contributed by atoms with Crippen LogP contribution in [0.1, 0.15) is 84.8 Å². The standard InChI is InChI=1S/C10H14O.C8H18.C3H8/c1-4-11-10-7-8(2)5-6-9(10)3;1-4-6-8(3)7-5-2;1-3-2/h5-7H,4H2,1-3H3;8H,4-7H2,1-3H3;3H2,1-2H3. The molecule has 0 spiro atoms. The van der Waals surface area contributed by atoms with Crippen molar-refractivity contribution >= 4 is 0 Å². The van der Waals surface area contributed by atoms with Crippen LogP contribution in [-0.4, -0.2) is 6.61 Å². The molecule has 0 radical (unpaired) electrons. The van der Waals surface area contributed by atoms with E-state index < -0.39 is 0 Å². The first kappa shape index (κ1) is 23.3. The summed E-state index contributed by atoms with van der Waals surface area (Å²) in [4.78, 5) is 0. The maximum atomic E-state index is 5.42. The molecule has 0 atom stereocenters. The number of aryl methyl sites for hydroxylation is 2. The Hall–Kier alpha value is -0.980. The molecule has 1 aromatic carbocycles. The van der Waals surface area contributed by atoms with Gasteiger partial charge in [0.25, 0.3) is 0 Å². The molecule has 0 unspecified atom stereocenters. The Labute approximate surface area is 140 Å². The molecule has 1 aromatic rings. The summed E-state index contributed by atoms with van der Waals surface area (Å²) in [5, 5.41) is 0. The van der Waals surface area contributed by atoms with Crippen molar-refractivity contribution in [2.24, 2.45) is 5.92 Å². The monoisotopic (exact) mass is 308 g/mol. The van der Waals surface area contributed by atoms with Gasteiger partial charge in [0.15, 0.2) is 0 Å². The van der Waals surface area contributed by atoms with Crippen LogP contribution >= 0.6 is 0 Å². The highest BCUT2D eigenvalue weighted by atomic mass is 16.5. The Morgan fingerprint density at radius 2 is 1.41 bits per heavy atom. The van der Waals surface area contributed by atoms with Crippen LogP contribution in [0.15, 0.2) is 18.2 Å². The molecule has 1 rings (SSSR count). The van der Waals surface area contributed by atoms with E-state index in [1.165, 1.54) is 43.2 Å². The average molecular weight is 309 g/mol. The predicted octanol–water partition coefficient (Wildman–Crippen LogP) is 7.34. The molecule has 0 heterocycles. The predicted molar refractivity (Wildman–Crippen MR) is 102 cm³/mol. The largest absolute Gasteiger partial charge is 0.494 e. The topological polar surface area (TPSA) is 9.23 Å². The summed E-state index contributed by atoms with van der Waals surface area (Å²) in [5.41, 5.74) is 2.46. The van der Waals surface area contributed by atoms with Gasteiger partial charge in [0.05, 0.1) is 6.61 Å². The molecular weight excluding hydrogens is 268 g/mol. The first-order valence-electron chi connectivity index (χ1n) is 9.16. The molecule has 0 aromatic heterocycles. The average Bonchev–Trinajstić information content (AvgIpc) is 2.45. The van der Waals surface area contributed by atoms with E-state index in [9.17, 15) is 0 Å². The summed E-state index contributed by atoms with van der Waals surface area (Å²) >= 11 is 0. The van der Waals surface area contributed by atoms with Crippen LogP contribution in [0.25, 0.3) is 0 Å². The van der Waals surface area contributed by atoms with Gasteiger partial charge >= 0.3 is 0 Å². The van der Waals surface area contributed by atoms with Crippen LogP contribution in [-0.2, 0) is 0 Å². The quantitative estimate of drug-likeness (QED) is 0.534. The van der Waals surface area contributed by atoms with E-state index in [1.807, 2.05) is 6.92 Å². The minimum atomic E-state index is 0.740. The Bertz CT molecular complexity index is 338. The van der Waals surface area contributed by atoms with Crippen molar-refractivity contribution in [1.29, 1.82) is 0 Å². The first-order chi connectivity index (χ1) is 10.5. The Balaban J connectivity index is 0. The highest BCUT2D eigenvalue weighted by molar-refractivity contribution is 5.35. The highest BCUT2D eigenvalue weighted by Gasteiger charge is 1.97. The molecule has 1 nitrogen and oxygen atoms in total. The van der Waals surface area contributed by atoms with Crippen molar-refractivity contribution in [3.8, 4) is 5.75 Å². The second-order valence-electron chi connectivity index (χ2n) is 6.09. The van der Waals surface area contributed by atoms with E-state index in [1.54, 1.807) is 0 Å². The molecule has 0 aliphatic heterocycles. The third-order valence-corrected chi connectivity index (χ3v) is 3.21. The smallest absolute Gasteiger partial charge is 0.122 e. The minimum absolute atomic E-state index is 0.740. The lowest BCUT2D eigenvalue weighted by atomic mass is 10.0. The fourth-order valence-electron chi connectivity index (χ4n) is 2.15. The third-order valence-electron chi connectivity index (χ3n) is 3.21. The van der Waals surface area contributed by atoms with Crippen molar-refractivity contribution in [1.82, 2.24) is 0 Å². The summed E-state index contributed by atoms with van der Waals surface area (Å²) in [5.74, 6) is 1.97. The molecule has 0 saturated heterocycles. The van der Waals surface area contributed by atoms with Gasteiger partial charge in [0, 0.05) is 0 Å². The molecule has 0 N–H and O–H groups in total. The van der Waals surface area contributed by atoms with Crippen LogP contribution in [0.2, 0.25) is 0 Å². The van der Waals surface area contributed by atoms with E-state index in [-0.39, 0.29) is 0 Å². The Morgan fingerprint density at radius 3 is 1.82 bits per heavy atom. The zero-order valence-corrected chi connectivity index (χ0v) is 16.5. The number of benzene rings is 1. The van der Waals surface area contributed by atoms with Gasteiger partial charge in [0.1, 0.15) is 5.75 Å². The normalized spacial score (nSPS) is 9.50. The van der Waals surface area contributed by atoms with Crippen molar-refractivity contribution in [3.63, 3.8) is 0 Å². The van der Waals surface area contributed by atoms with Gasteiger partial charge in [-0.25, -0.2) is 0 Å². The van der Waals surface area contributed by atoms with Crippen LogP contribution in [0, 0.1) is 19.8 Å². The van der Waals surface area contributed by atoms with Crippen LogP contribution in [0.5, 0.6) is 5.75 Å². The van der Waals surface area contributed by atoms with Gasteiger partial charge in [-0.05, 0) is 43.9 Å². The Kier molecular flexibility index (Phi) is 17.4.